The molecule has 8 aromatic carbocycles. The third-order valence-electron chi connectivity index (χ3n) is 26.9. The lowest BCUT2D eigenvalue weighted by atomic mass is 9.80. The number of anilines is 4. The minimum atomic E-state index is -0.313. The number of unbranched alkanes of at least 4 members (excludes halogenated alkanes) is 8. The minimum absolute atomic E-state index is 0.116. The number of ketones is 2. The average Bonchev–Trinajstić information content (AvgIpc) is 0.721. The van der Waals surface area contributed by atoms with Gasteiger partial charge in [-0.05, 0) is 332 Å². The fourth-order valence-electron chi connectivity index (χ4n) is 20.1. The highest BCUT2D eigenvalue weighted by Crippen LogP contribution is 2.49. The Bertz CT molecular complexity index is 4380. The summed E-state index contributed by atoms with van der Waals surface area (Å²) in [6.45, 7) is 27.0. The van der Waals surface area contributed by atoms with Crippen LogP contribution in [0.2, 0.25) is 0 Å². The lowest BCUT2D eigenvalue weighted by molar-refractivity contribution is 0.0150. The first-order valence-electron chi connectivity index (χ1n) is 45.9. The molecule has 0 amide bonds. The number of benzene rings is 8. The highest BCUT2D eigenvalue weighted by Gasteiger charge is 2.39. The van der Waals surface area contributed by atoms with Gasteiger partial charge >= 0.3 is 11.9 Å². The van der Waals surface area contributed by atoms with E-state index in [-0.39, 0.29) is 46.8 Å². The summed E-state index contributed by atoms with van der Waals surface area (Å²) in [5, 5.41) is 7.31. The zero-order valence-corrected chi connectivity index (χ0v) is 74.9. The second-order valence-electron chi connectivity index (χ2n) is 36.2. The van der Waals surface area contributed by atoms with Crippen LogP contribution in [0.3, 0.4) is 0 Å². The molecule has 628 valence electrons. The highest BCUT2D eigenvalue weighted by atomic mass is 32.2. The quantitative estimate of drug-likeness (QED) is 0.0286. The van der Waals surface area contributed by atoms with Gasteiger partial charge in [0.05, 0.1) is 46.8 Å². The molecule has 13 rings (SSSR count). The molecular formula is C106H134N2O8S2. The number of aryl methyl sites for hydroxylation is 8. The largest absolute Gasteiger partial charge is 0.493 e. The third kappa shape index (κ3) is 22.2. The van der Waals surface area contributed by atoms with Crippen LogP contribution in [-0.2, 0) is 9.47 Å². The second kappa shape index (κ2) is 42.0. The van der Waals surface area contributed by atoms with Crippen LogP contribution in [0, 0.1) is 90.9 Å². The van der Waals surface area contributed by atoms with Crippen LogP contribution >= 0.6 is 23.5 Å². The van der Waals surface area contributed by atoms with Crippen LogP contribution in [0.4, 0.5) is 22.7 Å². The van der Waals surface area contributed by atoms with Crippen molar-refractivity contribution < 1.29 is 38.1 Å². The molecule has 0 unspecified atom stereocenters. The Labute approximate surface area is 715 Å². The first kappa shape index (κ1) is 87.7. The third-order valence-corrected chi connectivity index (χ3v) is 29.0. The summed E-state index contributed by atoms with van der Waals surface area (Å²) in [5.74, 6) is 5.03. The molecule has 0 aromatic heterocycles. The van der Waals surface area contributed by atoms with E-state index in [0.29, 0.717) is 78.5 Å². The molecule has 0 heterocycles. The summed E-state index contributed by atoms with van der Waals surface area (Å²) in [7, 11) is 0. The van der Waals surface area contributed by atoms with Crippen molar-refractivity contribution in [1.29, 1.82) is 0 Å². The average molecular weight is 1630 g/mol. The van der Waals surface area contributed by atoms with Crippen LogP contribution in [-0.4, -0.2) is 48.9 Å². The minimum Gasteiger partial charge on any atom is -0.493 e. The first-order valence-corrected chi connectivity index (χ1v) is 47.5. The van der Waals surface area contributed by atoms with Crippen LogP contribution < -0.4 is 20.1 Å². The summed E-state index contributed by atoms with van der Waals surface area (Å²) in [6.07, 6.45) is 38.4. The fraction of sp³-hybridized carbons (Fsp3) is 0.509. The summed E-state index contributed by atoms with van der Waals surface area (Å²) in [5.41, 5.74) is 16.3. The highest BCUT2D eigenvalue weighted by molar-refractivity contribution is 8.00. The van der Waals surface area contributed by atoms with Gasteiger partial charge in [0, 0.05) is 42.1 Å². The number of carbonyl (C=O) groups is 4. The van der Waals surface area contributed by atoms with E-state index in [4.69, 9.17) is 18.9 Å². The molecule has 118 heavy (non-hydrogen) atoms. The predicted octanol–water partition coefficient (Wildman–Crippen LogP) is 30.2. The van der Waals surface area contributed by atoms with Crippen molar-refractivity contribution in [3.63, 3.8) is 0 Å². The number of hydrogen-bond acceptors (Lipinski definition) is 12. The number of carbonyl (C=O) groups excluding carboxylic acids is 4. The van der Waals surface area contributed by atoms with Crippen molar-refractivity contribution in [2.75, 3.05) is 23.8 Å². The van der Waals surface area contributed by atoms with Crippen molar-refractivity contribution in [2.24, 2.45) is 35.5 Å². The standard InChI is InChI=1S/C106H134N2O8S2/c1-13-17-21-25-75-29-33-79(34-30-75)65-113-103-71(9)57-83(58-72(103)10)81-41-49-89(50-42-81)117-93-55-56-94(118-90-51-43-82(44-52-90)84-59-73(11)104(74(12)60-84)114-66-80-35-31-76(32-36-80)26-22-18-14-2)100-99(93)101(109)97-91(107-85-61-67(5)95(68(6)62-85)105(111)115-87-45-37-77(38-46-87)27-23-19-15-3)53-54-92(98(97)102(100)110)108-86-63-69(7)96(70(8)64-86)106(112)116-88-47-39-78(40-48-88)28-24-20-16-4/h41-44,49-64,75-80,87-88,107-108H,13-40,45-48,65-66H2,1-12H3. The molecule has 5 aliphatic carbocycles. The molecule has 4 saturated carbocycles. The maximum atomic E-state index is 16.7. The number of nitrogens with one attached hydrogen (secondary N) is 2. The van der Waals surface area contributed by atoms with E-state index in [9.17, 15) is 9.59 Å². The number of esters is 2. The topological polar surface area (TPSA) is 129 Å². The number of ether oxygens (including phenoxy) is 4. The predicted molar refractivity (Wildman–Crippen MR) is 490 cm³/mol. The summed E-state index contributed by atoms with van der Waals surface area (Å²) < 4.78 is 26.0. The maximum Gasteiger partial charge on any atom is 0.338 e. The Balaban J connectivity index is 0.817. The lowest BCUT2D eigenvalue weighted by Gasteiger charge is -2.29. The summed E-state index contributed by atoms with van der Waals surface area (Å²) >= 11 is 2.97. The van der Waals surface area contributed by atoms with Crippen LogP contribution in [0.25, 0.3) is 22.3 Å². The molecule has 0 spiro atoms. The van der Waals surface area contributed by atoms with E-state index in [1.807, 2.05) is 76.2 Å². The molecule has 8 aromatic rings. The van der Waals surface area contributed by atoms with Crippen molar-refractivity contribution in [3.8, 4) is 33.8 Å². The van der Waals surface area contributed by atoms with E-state index in [1.165, 1.54) is 178 Å². The molecule has 0 saturated heterocycles. The molecule has 10 nitrogen and oxygen atoms in total. The van der Waals surface area contributed by atoms with Gasteiger partial charge in [0.2, 0.25) is 0 Å². The number of rotatable bonds is 36. The van der Waals surface area contributed by atoms with Crippen molar-refractivity contribution in [3.05, 3.63) is 199 Å². The van der Waals surface area contributed by atoms with Crippen molar-refractivity contribution in [1.82, 2.24) is 0 Å². The Morgan fingerprint density at radius 1 is 0.331 bits per heavy atom. The molecule has 2 N–H and O–H groups in total. The van der Waals surface area contributed by atoms with E-state index in [1.54, 1.807) is 0 Å². The second-order valence-corrected chi connectivity index (χ2v) is 38.4. The number of fused-ring (bicyclic) bond motifs is 2. The van der Waals surface area contributed by atoms with Crippen molar-refractivity contribution in [2.45, 2.75) is 320 Å². The van der Waals surface area contributed by atoms with Crippen LogP contribution in [0.1, 0.15) is 330 Å². The molecule has 4 fully saturated rings. The monoisotopic (exact) mass is 1630 g/mol. The summed E-state index contributed by atoms with van der Waals surface area (Å²) in [4.78, 5) is 65.1. The molecule has 0 radical (unpaired) electrons. The lowest BCUT2D eigenvalue weighted by Crippen LogP contribution is -2.26. The zero-order valence-electron chi connectivity index (χ0n) is 73.3. The fourth-order valence-corrected chi connectivity index (χ4v) is 22.0. The van der Waals surface area contributed by atoms with Gasteiger partial charge in [-0.2, -0.15) is 0 Å². The Morgan fingerprint density at radius 2 is 0.619 bits per heavy atom. The molecule has 0 aliphatic heterocycles. The van der Waals surface area contributed by atoms with Crippen molar-refractivity contribution >= 4 is 69.8 Å². The smallest absolute Gasteiger partial charge is 0.338 e. The molecule has 0 bridgehead atoms. The zero-order chi connectivity index (χ0) is 82.9. The van der Waals surface area contributed by atoms with Gasteiger partial charge < -0.3 is 29.6 Å². The van der Waals surface area contributed by atoms with Crippen LogP contribution in [0.5, 0.6) is 11.5 Å². The van der Waals surface area contributed by atoms with E-state index in [2.05, 4.69) is 139 Å². The van der Waals surface area contributed by atoms with Gasteiger partial charge in [0.1, 0.15) is 23.7 Å². The SMILES string of the molecule is CCCCCC1CCC(COc2c(C)cc(-c3ccc(Sc4ccc(Sc5ccc(-c6cc(C)c(OCC7CCC(CCCCC)CC7)c(C)c6)cc5)c5c4C(=O)c4c(Nc6cc(C)c(C(=O)OC7CCC(CCCCC)CC7)c(C)c6)ccc(Nc6cc(C)c(C(=O)OC7CCC(CCCCC)CC7)c(C)c6)c4C5=O)cc3)cc2C)CC1. The summed E-state index contributed by atoms with van der Waals surface area (Å²) in [6, 6.07) is 41.6. The van der Waals surface area contributed by atoms with Gasteiger partial charge in [-0.15, -0.1) is 0 Å². The Kier molecular flexibility index (Phi) is 31.2. The van der Waals surface area contributed by atoms with E-state index < -0.39 is 0 Å². The first-order chi connectivity index (χ1) is 57.2. The number of hydrogen-bond donors (Lipinski definition) is 2. The molecular weight excluding hydrogens is 1490 g/mol. The van der Waals surface area contributed by atoms with Gasteiger partial charge in [0.25, 0.3) is 0 Å². The van der Waals surface area contributed by atoms with Crippen LogP contribution in [0.15, 0.2) is 141 Å². The molecule has 0 atom stereocenters. The van der Waals surface area contributed by atoms with Gasteiger partial charge in [-0.3, -0.25) is 9.59 Å². The Hall–Kier alpha value is -8.06. The van der Waals surface area contributed by atoms with Gasteiger partial charge in [-0.1, -0.05) is 204 Å². The molecule has 12 heteroatoms. The molecule has 5 aliphatic rings. The maximum absolute atomic E-state index is 16.7. The van der Waals surface area contributed by atoms with E-state index in [0.717, 1.165) is 164 Å². The van der Waals surface area contributed by atoms with Gasteiger partial charge in [-0.25, -0.2) is 9.59 Å². The van der Waals surface area contributed by atoms with E-state index >= 15 is 9.59 Å². The Morgan fingerprint density at radius 3 is 0.915 bits per heavy atom. The normalized spacial score (nSPS) is 19.9. The van der Waals surface area contributed by atoms with Gasteiger partial charge in [0.15, 0.2) is 11.6 Å².